The summed E-state index contributed by atoms with van der Waals surface area (Å²) in [4.78, 5) is 0. The summed E-state index contributed by atoms with van der Waals surface area (Å²) in [7, 11) is 1.82. The van der Waals surface area contributed by atoms with Gasteiger partial charge < -0.3 is 5.73 Å². The molecule has 0 saturated carbocycles. The summed E-state index contributed by atoms with van der Waals surface area (Å²) in [5, 5.41) is 5.65. The van der Waals surface area contributed by atoms with Crippen molar-refractivity contribution in [3.63, 3.8) is 0 Å². The Morgan fingerprint density at radius 1 is 1.50 bits per heavy atom. The van der Waals surface area contributed by atoms with Crippen LogP contribution in [0, 0.1) is 0 Å². The highest BCUT2D eigenvalue weighted by Crippen LogP contribution is 2.26. The third-order valence-electron chi connectivity index (χ3n) is 1.84. The van der Waals surface area contributed by atoms with Crippen molar-refractivity contribution in [1.29, 1.82) is 0 Å². The van der Waals surface area contributed by atoms with Crippen molar-refractivity contribution in [2.75, 3.05) is 5.73 Å². The topological polar surface area (TPSA) is 43.8 Å². The number of nitrogens with zero attached hydrogens (tertiary/aromatic N) is 2. The molecule has 1 heterocycles. The van der Waals surface area contributed by atoms with E-state index in [9.17, 15) is 0 Å². The fourth-order valence-electron chi connectivity index (χ4n) is 1.32. The van der Waals surface area contributed by atoms with Gasteiger partial charge >= 0.3 is 0 Å². The van der Waals surface area contributed by atoms with Crippen LogP contribution in [-0.2, 0) is 7.05 Å². The SMILES string of the molecule is Cn1nc(N)c2cccc(Cl)c21. The third kappa shape index (κ3) is 0.865. The zero-order chi connectivity index (χ0) is 8.72. The molecule has 4 heteroatoms. The molecule has 0 spiro atoms. The lowest BCUT2D eigenvalue weighted by Crippen LogP contribution is -1.91. The second-order valence-corrected chi connectivity index (χ2v) is 3.05. The normalized spacial score (nSPS) is 10.8. The van der Waals surface area contributed by atoms with E-state index in [0.29, 0.717) is 10.8 Å². The monoisotopic (exact) mass is 181 g/mol. The lowest BCUT2D eigenvalue weighted by atomic mass is 10.2. The van der Waals surface area contributed by atoms with Crippen LogP contribution >= 0.6 is 11.6 Å². The van der Waals surface area contributed by atoms with Crippen molar-refractivity contribution in [2.24, 2.45) is 7.05 Å². The summed E-state index contributed by atoms with van der Waals surface area (Å²) in [6.07, 6.45) is 0. The summed E-state index contributed by atoms with van der Waals surface area (Å²) in [5.74, 6) is 0.523. The number of fused-ring (bicyclic) bond motifs is 1. The molecule has 0 aliphatic rings. The number of aryl methyl sites for hydroxylation is 1. The van der Waals surface area contributed by atoms with Crippen molar-refractivity contribution < 1.29 is 0 Å². The Morgan fingerprint density at radius 2 is 2.25 bits per heavy atom. The van der Waals surface area contributed by atoms with Crippen LogP contribution in [-0.4, -0.2) is 9.78 Å². The van der Waals surface area contributed by atoms with E-state index in [4.69, 9.17) is 17.3 Å². The maximum absolute atomic E-state index is 5.96. The van der Waals surface area contributed by atoms with E-state index in [-0.39, 0.29) is 0 Å². The average molecular weight is 182 g/mol. The average Bonchev–Trinajstić information content (AvgIpc) is 2.29. The van der Waals surface area contributed by atoms with Crippen LogP contribution in [0.4, 0.5) is 5.82 Å². The molecule has 0 aliphatic heterocycles. The minimum atomic E-state index is 0.523. The van der Waals surface area contributed by atoms with Gasteiger partial charge in [0, 0.05) is 12.4 Å². The smallest absolute Gasteiger partial charge is 0.153 e. The first-order valence-electron chi connectivity index (χ1n) is 3.57. The molecule has 0 saturated heterocycles. The van der Waals surface area contributed by atoms with Gasteiger partial charge in [-0.15, -0.1) is 0 Å². The molecule has 0 amide bonds. The lowest BCUT2D eigenvalue weighted by molar-refractivity contribution is 0.802. The summed E-state index contributed by atoms with van der Waals surface area (Å²) in [6.45, 7) is 0. The van der Waals surface area contributed by atoms with Gasteiger partial charge in [-0.05, 0) is 12.1 Å². The molecule has 1 aromatic heterocycles. The van der Waals surface area contributed by atoms with Gasteiger partial charge in [0.05, 0.1) is 10.5 Å². The zero-order valence-electron chi connectivity index (χ0n) is 6.58. The van der Waals surface area contributed by atoms with Gasteiger partial charge in [0.1, 0.15) is 0 Å². The van der Waals surface area contributed by atoms with E-state index < -0.39 is 0 Å². The van der Waals surface area contributed by atoms with Crippen molar-refractivity contribution in [2.45, 2.75) is 0 Å². The van der Waals surface area contributed by atoms with Crippen LogP contribution in [0.1, 0.15) is 0 Å². The third-order valence-corrected chi connectivity index (χ3v) is 2.15. The molecule has 2 aromatic rings. The lowest BCUT2D eigenvalue weighted by Gasteiger charge is -1.94. The Kier molecular flexibility index (Phi) is 1.48. The summed E-state index contributed by atoms with van der Waals surface area (Å²) in [5.41, 5.74) is 6.54. The van der Waals surface area contributed by atoms with Gasteiger partial charge in [-0.25, -0.2) is 0 Å². The zero-order valence-corrected chi connectivity index (χ0v) is 7.34. The molecule has 2 rings (SSSR count). The molecule has 0 bridgehead atoms. The highest BCUT2D eigenvalue weighted by molar-refractivity contribution is 6.35. The summed E-state index contributed by atoms with van der Waals surface area (Å²) in [6, 6.07) is 5.59. The number of aromatic nitrogens is 2. The Labute approximate surface area is 74.7 Å². The second-order valence-electron chi connectivity index (χ2n) is 2.64. The molecule has 12 heavy (non-hydrogen) atoms. The van der Waals surface area contributed by atoms with Crippen LogP contribution in [0.3, 0.4) is 0 Å². The van der Waals surface area contributed by atoms with Crippen molar-refractivity contribution in [3.05, 3.63) is 23.2 Å². The number of halogens is 1. The minimum absolute atomic E-state index is 0.523. The molecule has 62 valence electrons. The number of nitrogens with two attached hydrogens (primary N) is 1. The van der Waals surface area contributed by atoms with E-state index in [1.54, 1.807) is 4.68 Å². The molecule has 3 nitrogen and oxygen atoms in total. The first kappa shape index (κ1) is 7.43. The number of hydrogen-bond donors (Lipinski definition) is 1. The van der Waals surface area contributed by atoms with E-state index in [2.05, 4.69) is 5.10 Å². The van der Waals surface area contributed by atoms with Crippen molar-refractivity contribution >= 4 is 28.3 Å². The highest BCUT2D eigenvalue weighted by Gasteiger charge is 2.07. The number of benzene rings is 1. The first-order chi connectivity index (χ1) is 5.70. The van der Waals surface area contributed by atoms with Gasteiger partial charge in [-0.1, -0.05) is 17.7 Å². The quantitative estimate of drug-likeness (QED) is 0.674. The molecular weight excluding hydrogens is 174 g/mol. The van der Waals surface area contributed by atoms with Crippen molar-refractivity contribution in [1.82, 2.24) is 9.78 Å². The van der Waals surface area contributed by atoms with Gasteiger partial charge in [-0.3, -0.25) is 4.68 Å². The van der Waals surface area contributed by atoms with Gasteiger partial charge in [0.2, 0.25) is 0 Å². The Balaban J connectivity index is 2.99. The first-order valence-corrected chi connectivity index (χ1v) is 3.94. The highest BCUT2D eigenvalue weighted by atomic mass is 35.5. The molecule has 0 atom stereocenters. The number of para-hydroxylation sites is 1. The summed E-state index contributed by atoms with van der Waals surface area (Å²) >= 11 is 5.96. The fraction of sp³-hybridized carbons (Fsp3) is 0.125. The maximum atomic E-state index is 5.96. The van der Waals surface area contributed by atoms with E-state index in [1.165, 1.54) is 0 Å². The van der Waals surface area contributed by atoms with Crippen LogP contribution in [0.5, 0.6) is 0 Å². The molecule has 1 aromatic carbocycles. The number of rotatable bonds is 0. The van der Waals surface area contributed by atoms with E-state index in [1.807, 2.05) is 25.2 Å². The molecular formula is C8H8ClN3. The van der Waals surface area contributed by atoms with Crippen molar-refractivity contribution in [3.8, 4) is 0 Å². The second kappa shape index (κ2) is 2.38. The number of hydrogen-bond acceptors (Lipinski definition) is 2. The Bertz CT molecular complexity index is 433. The molecule has 0 radical (unpaired) electrons. The van der Waals surface area contributed by atoms with Crippen LogP contribution in [0.15, 0.2) is 18.2 Å². The van der Waals surface area contributed by atoms with E-state index >= 15 is 0 Å². The van der Waals surface area contributed by atoms with E-state index in [0.717, 1.165) is 10.9 Å². The molecule has 2 N–H and O–H groups in total. The van der Waals surface area contributed by atoms with Crippen LogP contribution in [0.2, 0.25) is 5.02 Å². The molecule has 0 fully saturated rings. The predicted molar refractivity (Wildman–Crippen MR) is 50.1 cm³/mol. The van der Waals surface area contributed by atoms with Gasteiger partial charge in [0.15, 0.2) is 5.82 Å². The van der Waals surface area contributed by atoms with Crippen LogP contribution < -0.4 is 5.73 Å². The number of anilines is 1. The standard InChI is InChI=1S/C8H8ClN3/c1-12-7-5(8(10)11-12)3-2-4-6(7)9/h2-4H,1H3,(H2,10,11). The van der Waals surface area contributed by atoms with Gasteiger partial charge in [-0.2, -0.15) is 5.10 Å². The maximum Gasteiger partial charge on any atom is 0.153 e. The van der Waals surface area contributed by atoms with Gasteiger partial charge in [0.25, 0.3) is 0 Å². The Hall–Kier alpha value is -1.22. The largest absolute Gasteiger partial charge is 0.382 e. The molecule has 0 aliphatic carbocycles. The number of nitrogen functional groups attached to an aromatic ring is 1. The predicted octanol–water partition coefficient (Wildman–Crippen LogP) is 1.81. The Morgan fingerprint density at radius 3 is 2.92 bits per heavy atom. The summed E-state index contributed by atoms with van der Waals surface area (Å²) < 4.78 is 1.69. The van der Waals surface area contributed by atoms with Crippen LogP contribution in [0.25, 0.3) is 10.9 Å². The fourth-order valence-corrected chi connectivity index (χ4v) is 1.61. The minimum Gasteiger partial charge on any atom is -0.382 e. The molecule has 0 unspecified atom stereocenters.